The number of hydrazine groups is 1. The molecule has 1 aromatic carbocycles. The number of carbonyl (C=O) groups is 1. The molecule has 1 aliphatic heterocycles. The first-order valence-corrected chi connectivity index (χ1v) is 9.48. The lowest BCUT2D eigenvalue weighted by Crippen LogP contribution is -2.41. The molecule has 1 saturated heterocycles. The molecule has 1 fully saturated rings. The van der Waals surface area contributed by atoms with Crippen LogP contribution >= 0.6 is 11.8 Å². The minimum absolute atomic E-state index is 0.0813. The van der Waals surface area contributed by atoms with Crippen molar-refractivity contribution in [3.05, 3.63) is 41.7 Å². The molecule has 3 N–H and O–H groups in total. The zero-order valence-electron chi connectivity index (χ0n) is 14.5. The Bertz CT molecular complexity index is 691. The summed E-state index contributed by atoms with van der Waals surface area (Å²) in [5.74, 6) is 1.27. The Morgan fingerprint density at radius 3 is 2.84 bits per heavy atom. The summed E-state index contributed by atoms with van der Waals surface area (Å²) < 4.78 is 0. The number of aromatic amines is 1. The number of thioether (sulfide) groups is 1. The summed E-state index contributed by atoms with van der Waals surface area (Å²) in [6.45, 7) is 2.68. The maximum atomic E-state index is 12.3. The summed E-state index contributed by atoms with van der Waals surface area (Å²) in [5.41, 5.74) is 7.87. The molecule has 0 radical (unpaired) electrons. The lowest BCUT2D eigenvalue weighted by Gasteiger charge is -2.20. The molecule has 0 aliphatic carbocycles. The maximum absolute atomic E-state index is 12.3. The molecule has 3 rings (SSSR count). The van der Waals surface area contributed by atoms with Crippen LogP contribution in [0.15, 0.2) is 35.5 Å². The van der Waals surface area contributed by atoms with Crippen LogP contribution in [-0.2, 0) is 11.2 Å². The molecule has 1 aliphatic rings. The highest BCUT2D eigenvalue weighted by Gasteiger charge is 2.26. The summed E-state index contributed by atoms with van der Waals surface area (Å²) in [5, 5.41) is 7.59. The van der Waals surface area contributed by atoms with Gasteiger partial charge in [-0.1, -0.05) is 49.0 Å². The van der Waals surface area contributed by atoms with E-state index in [0.29, 0.717) is 17.5 Å². The zero-order chi connectivity index (χ0) is 17.6. The molecule has 2 heterocycles. The minimum atomic E-state index is 0.0813. The summed E-state index contributed by atoms with van der Waals surface area (Å²) in [6, 6.07) is 10.9. The number of hydrogen-bond acceptors (Lipinski definition) is 6. The number of nitrogens with zero attached hydrogens (tertiary/aromatic N) is 3. The standard InChI is InChI=1S/C17H24N6OS/c1-3-15-18-17(22-21-15)25-11-16(24)23(2)10-13-9-14(20-19-13)12-7-5-4-6-8-12/h4-8,13-14,19-20H,3,9-11H2,1-2H3,(H,18,21,22). The highest BCUT2D eigenvalue weighted by molar-refractivity contribution is 7.99. The van der Waals surface area contributed by atoms with Gasteiger partial charge in [-0.25, -0.2) is 10.4 Å². The van der Waals surface area contributed by atoms with Crippen molar-refractivity contribution in [3.63, 3.8) is 0 Å². The van der Waals surface area contributed by atoms with Crippen LogP contribution in [0, 0.1) is 0 Å². The Morgan fingerprint density at radius 2 is 2.12 bits per heavy atom. The van der Waals surface area contributed by atoms with Crippen LogP contribution in [0.4, 0.5) is 0 Å². The van der Waals surface area contributed by atoms with Gasteiger partial charge in [0.15, 0.2) is 0 Å². The molecule has 1 aromatic heterocycles. The number of amides is 1. The van der Waals surface area contributed by atoms with Gasteiger partial charge in [-0.05, 0) is 12.0 Å². The minimum Gasteiger partial charge on any atom is -0.343 e. The number of rotatable bonds is 7. The summed E-state index contributed by atoms with van der Waals surface area (Å²) >= 11 is 1.37. The highest BCUT2D eigenvalue weighted by Crippen LogP contribution is 2.22. The van der Waals surface area contributed by atoms with Gasteiger partial charge in [-0.2, -0.15) is 0 Å². The van der Waals surface area contributed by atoms with Crippen molar-refractivity contribution >= 4 is 17.7 Å². The second kappa shape index (κ2) is 8.46. The van der Waals surface area contributed by atoms with E-state index in [2.05, 4.69) is 38.2 Å². The Labute approximate surface area is 151 Å². The van der Waals surface area contributed by atoms with Crippen molar-refractivity contribution in [2.45, 2.75) is 37.0 Å². The fourth-order valence-electron chi connectivity index (χ4n) is 2.82. The van der Waals surface area contributed by atoms with E-state index in [0.717, 1.165) is 18.7 Å². The van der Waals surface area contributed by atoms with Gasteiger partial charge in [-0.3, -0.25) is 15.3 Å². The second-order valence-corrected chi connectivity index (χ2v) is 7.11. The second-order valence-electron chi connectivity index (χ2n) is 6.17. The van der Waals surface area contributed by atoms with Crippen LogP contribution in [0.5, 0.6) is 0 Å². The Hall–Kier alpha value is -1.90. The van der Waals surface area contributed by atoms with E-state index < -0.39 is 0 Å². The van der Waals surface area contributed by atoms with Crippen LogP contribution in [0.1, 0.15) is 30.8 Å². The van der Waals surface area contributed by atoms with E-state index in [-0.39, 0.29) is 18.0 Å². The molecule has 2 atom stereocenters. The van der Waals surface area contributed by atoms with E-state index in [1.54, 1.807) is 4.90 Å². The number of hydrogen-bond donors (Lipinski definition) is 3. The van der Waals surface area contributed by atoms with Crippen molar-refractivity contribution in [2.24, 2.45) is 0 Å². The van der Waals surface area contributed by atoms with Crippen LogP contribution in [0.3, 0.4) is 0 Å². The number of aromatic nitrogens is 3. The Balaban J connectivity index is 1.44. The van der Waals surface area contributed by atoms with Gasteiger partial charge < -0.3 is 4.90 Å². The van der Waals surface area contributed by atoms with Gasteiger partial charge >= 0.3 is 0 Å². The average molecular weight is 360 g/mol. The van der Waals surface area contributed by atoms with E-state index in [4.69, 9.17) is 0 Å². The quantitative estimate of drug-likeness (QED) is 0.649. The van der Waals surface area contributed by atoms with Crippen molar-refractivity contribution in [3.8, 4) is 0 Å². The van der Waals surface area contributed by atoms with E-state index in [1.807, 2.05) is 32.2 Å². The van der Waals surface area contributed by atoms with Crippen molar-refractivity contribution in [1.29, 1.82) is 0 Å². The topological polar surface area (TPSA) is 85.9 Å². The number of benzene rings is 1. The molecule has 2 unspecified atom stereocenters. The van der Waals surface area contributed by atoms with Crippen molar-refractivity contribution < 1.29 is 4.79 Å². The maximum Gasteiger partial charge on any atom is 0.232 e. The van der Waals surface area contributed by atoms with Crippen LogP contribution in [-0.4, -0.2) is 51.4 Å². The number of aryl methyl sites for hydroxylation is 1. The van der Waals surface area contributed by atoms with E-state index >= 15 is 0 Å². The fourth-order valence-corrected chi connectivity index (χ4v) is 3.57. The first-order valence-electron chi connectivity index (χ1n) is 8.49. The predicted molar refractivity (Wildman–Crippen MR) is 98.0 cm³/mol. The molecule has 0 saturated carbocycles. The molecular formula is C17H24N6OS. The third-order valence-electron chi connectivity index (χ3n) is 4.27. The SMILES string of the molecule is CCc1nc(SCC(=O)N(C)CC2CC(c3ccccc3)NN2)n[nH]1. The highest BCUT2D eigenvalue weighted by atomic mass is 32.2. The largest absolute Gasteiger partial charge is 0.343 e. The number of carbonyl (C=O) groups excluding carboxylic acids is 1. The lowest BCUT2D eigenvalue weighted by molar-refractivity contribution is -0.127. The first kappa shape index (κ1) is 17.9. The lowest BCUT2D eigenvalue weighted by atomic mass is 10.0. The van der Waals surface area contributed by atoms with Gasteiger partial charge in [0.05, 0.1) is 5.75 Å². The van der Waals surface area contributed by atoms with Gasteiger partial charge in [0.1, 0.15) is 5.82 Å². The van der Waals surface area contributed by atoms with Crippen molar-refractivity contribution in [2.75, 3.05) is 19.3 Å². The molecule has 1 amide bonds. The molecular weight excluding hydrogens is 336 g/mol. The van der Waals surface area contributed by atoms with Gasteiger partial charge in [-0.15, -0.1) is 5.10 Å². The summed E-state index contributed by atoms with van der Waals surface area (Å²) in [7, 11) is 1.84. The predicted octanol–water partition coefficient (Wildman–Crippen LogP) is 1.53. The normalized spacial score (nSPS) is 19.9. The van der Waals surface area contributed by atoms with Crippen molar-refractivity contribution in [1.82, 2.24) is 30.9 Å². The van der Waals surface area contributed by atoms with Gasteiger partial charge in [0.2, 0.25) is 11.1 Å². The van der Waals surface area contributed by atoms with Crippen LogP contribution in [0.2, 0.25) is 0 Å². The Morgan fingerprint density at radius 1 is 1.32 bits per heavy atom. The zero-order valence-corrected chi connectivity index (χ0v) is 15.3. The summed E-state index contributed by atoms with van der Waals surface area (Å²) in [6.07, 6.45) is 1.76. The molecule has 2 aromatic rings. The number of H-pyrrole nitrogens is 1. The molecule has 7 nitrogen and oxygen atoms in total. The van der Waals surface area contributed by atoms with Crippen LogP contribution in [0.25, 0.3) is 0 Å². The first-order chi connectivity index (χ1) is 12.2. The fraction of sp³-hybridized carbons (Fsp3) is 0.471. The molecule has 25 heavy (non-hydrogen) atoms. The molecule has 134 valence electrons. The molecule has 8 heteroatoms. The monoisotopic (exact) mass is 360 g/mol. The molecule has 0 spiro atoms. The third kappa shape index (κ3) is 4.81. The third-order valence-corrected chi connectivity index (χ3v) is 5.11. The van der Waals surface area contributed by atoms with E-state index in [1.165, 1.54) is 17.3 Å². The number of likely N-dealkylation sites (N-methyl/N-ethyl adjacent to an activating group) is 1. The average Bonchev–Trinajstić information content (AvgIpc) is 3.29. The van der Waals surface area contributed by atoms with Gasteiger partial charge in [0.25, 0.3) is 0 Å². The van der Waals surface area contributed by atoms with E-state index in [9.17, 15) is 4.79 Å². The summed E-state index contributed by atoms with van der Waals surface area (Å²) in [4.78, 5) is 18.4. The Kier molecular flexibility index (Phi) is 6.06. The van der Waals surface area contributed by atoms with Gasteiger partial charge in [0, 0.05) is 32.1 Å². The molecule has 0 bridgehead atoms. The smallest absolute Gasteiger partial charge is 0.232 e. The van der Waals surface area contributed by atoms with Crippen LogP contribution < -0.4 is 10.9 Å². The number of nitrogens with one attached hydrogen (secondary N) is 3.